The summed E-state index contributed by atoms with van der Waals surface area (Å²) in [5.41, 5.74) is 0.767. The molecule has 0 aliphatic carbocycles. The van der Waals surface area contributed by atoms with Crippen LogP contribution in [0.3, 0.4) is 0 Å². The Kier molecular flexibility index (Phi) is 4.30. The van der Waals surface area contributed by atoms with E-state index < -0.39 is 24.5 Å². The normalized spacial score (nSPS) is 11.7. The Hall–Kier alpha value is -3.69. The molecule has 28 heavy (non-hydrogen) atoms. The standard InChI is InChI=1S/C18H13F3N6O/c19-18(20,21)17-25-13-4-1-2-5-14(13)26(17)11-16(28)24-12-6-7-15(22-10-12)27-9-3-8-23-27/h1-10H,11H2,(H,24,28). The zero-order valence-electron chi connectivity index (χ0n) is 14.3. The average molecular weight is 386 g/mol. The van der Waals surface area contributed by atoms with Crippen LogP contribution in [0.25, 0.3) is 16.9 Å². The molecule has 1 aromatic carbocycles. The zero-order chi connectivity index (χ0) is 19.7. The number of carbonyl (C=O) groups excluding carboxylic acids is 1. The summed E-state index contributed by atoms with van der Waals surface area (Å²) >= 11 is 0. The van der Waals surface area contributed by atoms with Gasteiger partial charge < -0.3 is 9.88 Å². The van der Waals surface area contributed by atoms with Gasteiger partial charge in [0.15, 0.2) is 5.82 Å². The Morgan fingerprint density at radius 1 is 1.11 bits per heavy atom. The van der Waals surface area contributed by atoms with Crippen molar-refractivity contribution in [3.05, 3.63) is 66.9 Å². The molecule has 1 N–H and O–H groups in total. The lowest BCUT2D eigenvalue weighted by atomic mass is 10.3. The molecular formula is C18H13F3N6O. The minimum Gasteiger partial charge on any atom is -0.323 e. The number of anilines is 1. The summed E-state index contributed by atoms with van der Waals surface area (Å²) in [7, 11) is 0. The number of alkyl halides is 3. The fourth-order valence-corrected chi connectivity index (χ4v) is 2.80. The third-order valence-electron chi connectivity index (χ3n) is 3.98. The summed E-state index contributed by atoms with van der Waals surface area (Å²) in [6, 6.07) is 11.1. The molecule has 0 spiro atoms. The van der Waals surface area contributed by atoms with E-state index in [1.165, 1.54) is 18.3 Å². The molecule has 7 nitrogen and oxygen atoms in total. The van der Waals surface area contributed by atoms with Crippen molar-refractivity contribution in [2.45, 2.75) is 12.7 Å². The van der Waals surface area contributed by atoms with Gasteiger partial charge in [0.25, 0.3) is 0 Å². The second kappa shape index (κ2) is 6.80. The highest BCUT2D eigenvalue weighted by atomic mass is 19.4. The topological polar surface area (TPSA) is 77.6 Å². The largest absolute Gasteiger partial charge is 0.449 e. The summed E-state index contributed by atoms with van der Waals surface area (Å²) in [6.07, 6.45) is 0.0479. The highest BCUT2D eigenvalue weighted by molar-refractivity contribution is 5.91. The molecule has 0 saturated carbocycles. The Bertz CT molecular complexity index is 1120. The minimum absolute atomic E-state index is 0.174. The monoisotopic (exact) mass is 386 g/mol. The van der Waals surface area contributed by atoms with Crippen molar-refractivity contribution in [3.63, 3.8) is 0 Å². The van der Waals surface area contributed by atoms with Gasteiger partial charge in [-0.05, 0) is 30.3 Å². The zero-order valence-corrected chi connectivity index (χ0v) is 14.3. The van der Waals surface area contributed by atoms with Crippen LogP contribution in [-0.4, -0.2) is 30.2 Å². The van der Waals surface area contributed by atoms with E-state index in [-0.39, 0.29) is 11.0 Å². The van der Waals surface area contributed by atoms with Crippen LogP contribution < -0.4 is 5.32 Å². The maximum absolute atomic E-state index is 13.3. The van der Waals surface area contributed by atoms with Gasteiger partial charge in [-0.25, -0.2) is 14.6 Å². The predicted octanol–water partition coefficient (Wildman–Crippen LogP) is 3.27. The maximum atomic E-state index is 13.3. The van der Waals surface area contributed by atoms with Crippen molar-refractivity contribution < 1.29 is 18.0 Å². The fourth-order valence-electron chi connectivity index (χ4n) is 2.80. The molecule has 10 heteroatoms. The highest BCUT2D eigenvalue weighted by Gasteiger charge is 2.38. The number of carbonyl (C=O) groups is 1. The number of hydrogen-bond donors (Lipinski definition) is 1. The van der Waals surface area contributed by atoms with Crippen molar-refractivity contribution in [2.24, 2.45) is 0 Å². The molecule has 0 aliphatic rings. The average Bonchev–Trinajstić information content (AvgIpc) is 3.31. The summed E-state index contributed by atoms with van der Waals surface area (Å²) in [5, 5.41) is 6.59. The van der Waals surface area contributed by atoms with Crippen LogP contribution >= 0.6 is 0 Å². The molecule has 0 fully saturated rings. The number of rotatable bonds is 4. The van der Waals surface area contributed by atoms with E-state index in [2.05, 4.69) is 20.4 Å². The second-order valence-corrected chi connectivity index (χ2v) is 5.91. The van der Waals surface area contributed by atoms with Gasteiger partial charge in [0.05, 0.1) is 22.9 Å². The van der Waals surface area contributed by atoms with E-state index in [1.807, 2.05) is 0 Å². The fraction of sp³-hybridized carbons (Fsp3) is 0.111. The van der Waals surface area contributed by atoms with E-state index in [1.54, 1.807) is 47.4 Å². The molecule has 142 valence electrons. The van der Waals surface area contributed by atoms with Crippen molar-refractivity contribution in [3.8, 4) is 5.82 Å². The smallest absolute Gasteiger partial charge is 0.323 e. The molecule has 0 atom stereocenters. The summed E-state index contributed by atoms with van der Waals surface area (Å²) in [6.45, 7) is -0.531. The Balaban J connectivity index is 1.56. The third kappa shape index (κ3) is 3.43. The number of para-hydroxylation sites is 2. The number of nitrogens with zero attached hydrogens (tertiary/aromatic N) is 5. The predicted molar refractivity (Wildman–Crippen MR) is 94.7 cm³/mol. The first-order chi connectivity index (χ1) is 13.4. The molecule has 0 saturated heterocycles. The van der Waals surface area contributed by atoms with Crippen LogP contribution in [0.5, 0.6) is 0 Å². The second-order valence-electron chi connectivity index (χ2n) is 5.91. The van der Waals surface area contributed by atoms with Gasteiger partial charge in [-0.2, -0.15) is 18.3 Å². The van der Waals surface area contributed by atoms with E-state index in [0.717, 1.165) is 4.57 Å². The quantitative estimate of drug-likeness (QED) is 0.584. The summed E-state index contributed by atoms with van der Waals surface area (Å²) in [5.74, 6) is -1.19. The molecule has 0 bridgehead atoms. The number of benzene rings is 1. The first kappa shape index (κ1) is 17.7. The number of imidazole rings is 1. The molecule has 4 rings (SSSR count). The SMILES string of the molecule is O=C(Cn1c(C(F)(F)F)nc2ccccc21)Nc1ccc(-n2cccn2)nc1. The third-order valence-corrected chi connectivity index (χ3v) is 3.98. The number of nitrogens with one attached hydrogen (secondary N) is 1. The van der Waals surface area contributed by atoms with Crippen LogP contribution in [0.15, 0.2) is 61.1 Å². The van der Waals surface area contributed by atoms with Gasteiger partial charge in [0.2, 0.25) is 11.7 Å². The van der Waals surface area contributed by atoms with Crippen LogP contribution in [-0.2, 0) is 17.5 Å². The van der Waals surface area contributed by atoms with Crippen molar-refractivity contribution >= 4 is 22.6 Å². The number of hydrogen-bond acceptors (Lipinski definition) is 4. The lowest BCUT2D eigenvalue weighted by Gasteiger charge is -2.12. The minimum atomic E-state index is -4.67. The van der Waals surface area contributed by atoms with Gasteiger partial charge in [0.1, 0.15) is 6.54 Å². The summed E-state index contributed by atoms with van der Waals surface area (Å²) in [4.78, 5) is 20.1. The molecule has 3 aromatic heterocycles. The van der Waals surface area contributed by atoms with E-state index >= 15 is 0 Å². The number of amides is 1. The van der Waals surface area contributed by atoms with Crippen molar-refractivity contribution in [1.82, 2.24) is 24.3 Å². The van der Waals surface area contributed by atoms with Gasteiger partial charge in [-0.3, -0.25) is 4.79 Å². The van der Waals surface area contributed by atoms with E-state index in [0.29, 0.717) is 11.5 Å². The molecular weight excluding hydrogens is 373 g/mol. The van der Waals surface area contributed by atoms with Gasteiger partial charge in [-0.15, -0.1) is 0 Å². The number of halogens is 3. The molecule has 1 amide bonds. The molecule has 0 unspecified atom stereocenters. The molecule has 0 aliphatic heterocycles. The lowest BCUT2D eigenvalue weighted by molar-refractivity contribution is -0.147. The van der Waals surface area contributed by atoms with Crippen LogP contribution in [0.4, 0.5) is 18.9 Å². The lowest BCUT2D eigenvalue weighted by Crippen LogP contribution is -2.23. The Morgan fingerprint density at radius 3 is 2.61 bits per heavy atom. The first-order valence-corrected chi connectivity index (χ1v) is 8.20. The summed E-state index contributed by atoms with van der Waals surface area (Å²) < 4.78 is 42.3. The maximum Gasteiger partial charge on any atom is 0.449 e. The van der Waals surface area contributed by atoms with Crippen molar-refractivity contribution in [1.29, 1.82) is 0 Å². The highest BCUT2D eigenvalue weighted by Crippen LogP contribution is 2.31. The van der Waals surface area contributed by atoms with Crippen LogP contribution in [0.1, 0.15) is 5.82 Å². The van der Waals surface area contributed by atoms with Crippen LogP contribution in [0, 0.1) is 0 Å². The molecule has 4 aromatic rings. The van der Waals surface area contributed by atoms with Gasteiger partial charge in [-0.1, -0.05) is 12.1 Å². The molecule has 0 radical (unpaired) electrons. The number of aromatic nitrogens is 5. The van der Waals surface area contributed by atoms with Gasteiger partial charge >= 0.3 is 6.18 Å². The van der Waals surface area contributed by atoms with E-state index in [9.17, 15) is 18.0 Å². The van der Waals surface area contributed by atoms with Gasteiger partial charge in [0, 0.05) is 12.4 Å². The van der Waals surface area contributed by atoms with E-state index in [4.69, 9.17) is 0 Å². The first-order valence-electron chi connectivity index (χ1n) is 8.20. The van der Waals surface area contributed by atoms with Crippen LogP contribution in [0.2, 0.25) is 0 Å². The Morgan fingerprint density at radius 2 is 1.93 bits per heavy atom. The Labute approximate surface area is 156 Å². The van der Waals surface area contributed by atoms with Crippen molar-refractivity contribution in [2.75, 3.05) is 5.32 Å². The number of fused-ring (bicyclic) bond motifs is 1. The number of pyridine rings is 1. The molecule has 3 heterocycles.